The van der Waals surface area contributed by atoms with E-state index >= 15 is 0 Å². The fraction of sp³-hybridized carbons (Fsp3) is 0.267. The van der Waals surface area contributed by atoms with Crippen molar-refractivity contribution >= 4 is 11.6 Å². The highest BCUT2D eigenvalue weighted by atomic mass is 35.5. The molecule has 0 saturated heterocycles. The lowest BCUT2D eigenvalue weighted by Crippen LogP contribution is -2.18. The van der Waals surface area contributed by atoms with Crippen LogP contribution in [0, 0.1) is 13.8 Å². The molecule has 2 nitrogen and oxygen atoms in total. The molecule has 0 aliphatic rings. The summed E-state index contributed by atoms with van der Waals surface area (Å²) in [6, 6.07) is 12.2. The standard InChI is InChI=1S/C15H17ClN2/c1-10-8-12(9-11(2)18-10)15(17-3)13-6-4-5-7-14(13)16/h4-9,15,17H,1-3H3. The van der Waals surface area contributed by atoms with Gasteiger partial charge in [-0.15, -0.1) is 0 Å². The molecule has 94 valence electrons. The van der Waals surface area contributed by atoms with Gasteiger partial charge in [-0.25, -0.2) is 0 Å². The SMILES string of the molecule is CNC(c1cc(C)nc(C)c1)c1ccccc1Cl. The number of hydrogen-bond acceptors (Lipinski definition) is 2. The van der Waals surface area contributed by atoms with E-state index in [9.17, 15) is 0 Å². The average molecular weight is 261 g/mol. The molecule has 1 aromatic heterocycles. The summed E-state index contributed by atoms with van der Waals surface area (Å²) in [7, 11) is 1.94. The minimum atomic E-state index is 0.0964. The fourth-order valence-corrected chi connectivity index (χ4v) is 2.49. The minimum Gasteiger partial charge on any atom is -0.309 e. The van der Waals surface area contributed by atoms with Gasteiger partial charge in [0.2, 0.25) is 0 Å². The Bertz CT molecular complexity index is 532. The Labute approximate surface area is 113 Å². The number of hydrogen-bond donors (Lipinski definition) is 1. The number of rotatable bonds is 3. The third-order valence-corrected chi connectivity index (χ3v) is 3.29. The van der Waals surface area contributed by atoms with Crippen LogP contribution in [0.4, 0.5) is 0 Å². The molecule has 0 bridgehead atoms. The summed E-state index contributed by atoms with van der Waals surface area (Å²) in [6.45, 7) is 4.02. The number of nitrogens with one attached hydrogen (secondary N) is 1. The molecule has 0 radical (unpaired) electrons. The topological polar surface area (TPSA) is 24.9 Å². The summed E-state index contributed by atoms with van der Waals surface area (Å²) < 4.78 is 0. The van der Waals surface area contributed by atoms with E-state index in [0.717, 1.165) is 22.0 Å². The maximum absolute atomic E-state index is 6.27. The van der Waals surface area contributed by atoms with Crippen molar-refractivity contribution < 1.29 is 0 Å². The van der Waals surface area contributed by atoms with Crippen LogP contribution in [0.3, 0.4) is 0 Å². The van der Waals surface area contributed by atoms with E-state index in [-0.39, 0.29) is 6.04 Å². The van der Waals surface area contributed by atoms with Crippen LogP contribution in [0.2, 0.25) is 5.02 Å². The highest BCUT2D eigenvalue weighted by molar-refractivity contribution is 6.31. The van der Waals surface area contributed by atoms with Gasteiger partial charge >= 0.3 is 0 Å². The van der Waals surface area contributed by atoms with Gasteiger partial charge in [-0.2, -0.15) is 0 Å². The van der Waals surface area contributed by atoms with Gasteiger partial charge in [-0.3, -0.25) is 4.98 Å². The molecule has 1 atom stereocenters. The summed E-state index contributed by atoms with van der Waals surface area (Å²) in [6.07, 6.45) is 0. The molecule has 3 heteroatoms. The van der Waals surface area contributed by atoms with Crippen molar-refractivity contribution in [1.29, 1.82) is 0 Å². The molecule has 1 N–H and O–H groups in total. The van der Waals surface area contributed by atoms with Gasteiger partial charge in [-0.05, 0) is 50.2 Å². The molecule has 0 saturated carbocycles. The molecule has 1 aromatic carbocycles. The summed E-state index contributed by atoms with van der Waals surface area (Å²) in [5, 5.41) is 4.10. The number of nitrogens with zero attached hydrogens (tertiary/aromatic N) is 1. The molecule has 0 amide bonds. The highest BCUT2D eigenvalue weighted by Crippen LogP contribution is 2.28. The number of benzene rings is 1. The van der Waals surface area contributed by atoms with E-state index in [0.29, 0.717) is 0 Å². The number of pyridine rings is 1. The van der Waals surface area contributed by atoms with E-state index in [1.165, 1.54) is 5.56 Å². The van der Waals surface area contributed by atoms with Crippen LogP contribution in [0.25, 0.3) is 0 Å². The number of aromatic nitrogens is 1. The molecule has 1 unspecified atom stereocenters. The molecule has 1 heterocycles. The third-order valence-electron chi connectivity index (χ3n) is 2.94. The van der Waals surface area contributed by atoms with Crippen molar-refractivity contribution in [2.45, 2.75) is 19.9 Å². The second-order valence-corrected chi connectivity index (χ2v) is 4.83. The van der Waals surface area contributed by atoms with Crippen molar-refractivity contribution in [2.75, 3.05) is 7.05 Å². The summed E-state index contributed by atoms with van der Waals surface area (Å²) in [5.74, 6) is 0. The maximum Gasteiger partial charge on any atom is 0.0590 e. The molecule has 0 spiro atoms. The Morgan fingerprint density at radius 1 is 1.11 bits per heavy atom. The first-order chi connectivity index (χ1) is 8.61. The molecule has 0 aliphatic carbocycles. The Hall–Kier alpha value is -1.38. The van der Waals surface area contributed by atoms with Crippen molar-refractivity contribution in [3.8, 4) is 0 Å². The van der Waals surface area contributed by atoms with Gasteiger partial charge in [0.05, 0.1) is 6.04 Å². The third kappa shape index (κ3) is 2.71. The molecule has 0 fully saturated rings. The molecular weight excluding hydrogens is 244 g/mol. The number of aryl methyl sites for hydroxylation is 2. The zero-order chi connectivity index (χ0) is 13.1. The Balaban J connectivity index is 2.48. The van der Waals surface area contributed by atoms with E-state index in [1.807, 2.05) is 39.1 Å². The van der Waals surface area contributed by atoms with Crippen molar-refractivity contribution in [1.82, 2.24) is 10.3 Å². The first kappa shape index (κ1) is 13.1. The first-order valence-corrected chi connectivity index (χ1v) is 6.36. The second-order valence-electron chi connectivity index (χ2n) is 4.43. The minimum absolute atomic E-state index is 0.0964. The molecule has 2 rings (SSSR count). The lowest BCUT2D eigenvalue weighted by Gasteiger charge is -2.19. The lowest BCUT2D eigenvalue weighted by molar-refractivity contribution is 0.689. The average Bonchev–Trinajstić information content (AvgIpc) is 2.31. The van der Waals surface area contributed by atoms with Gasteiger partial charge < -0.3 is 5.32 Å². The summed E-state index contributed by atoms with van der Waals surface area (Å²) in [4.78, 5) is 4.41. The van der Waals surface area contributed by atoms with E-state index in [4.69, 9.17) is 11.6 Å². The van der Waals surface area contributed by atoms with Crippen molar-refractivity contribution in [3.63, 3.8) is 0 Å². The van der Waals surface area contributed by atoms with Crippen molar-refractivity contribution in [3.05, 3.63) is 63.9 Å². The molecule has 2 aromatic rings. The number of halogens is 1. The van der Waals surface area contributed by atoms with Gasteiger partial charge in [0.25, 0.3) is 0 Å². The first-order valence-electron chi connectivity index (χ1n) is 5.98. The quantitative estimate of drug-likeness (QED) is 0.911. The zero-order valence-corrected chi connectivity index (χ0v) is 11.6. The molecular formula is C15H17ClN2. The Morgan fingerprint density at radius 2 is 1.72 bits per heavy atom. The van der Waals surface area contributed by atoms with Crippen LogP contribution in [0.1, 0.15) is 28.6 Å². The maximum atomic E-state index is 6.27. The Kier molecular flexibility index (Phi) is 4.00. The van der Waals surface area contributed by atoms with Crippen LogP contribution in [-0.4, -0.2) is 12.0 Å². The van der Waals surface area contributed by atoms with Crippen LogP contribution in [0.15, 0.2) is 36.4 Å². The van der Waals surface area contributed by atoms with Gasteiger partial charge in [0.15, 0.2) is 0 Å². The van der Waals surface area contributed by atoms with Crippen LogP contribution >= 0.6 is 11.6 Å². The normalized spacial score (nSPS) is 12.4. The largest absolute Gasteiger partial charge is 0.309 e. The van der Waals surface area contributed by atoms with Crippen LogP contribution in [-0.2, 0) is 0 Å². The second kappa shape index (κ2) is 5.51. The van der Waals surface area contributed by atoms with Gasteiger partial charge in [0.1, 0.15) is 0 Å². The van der Waals surface area contributed by atoms with Gasteiger partial charge in [0, 0.05) is 16.4 Å². The monoisotopic (exact) mass is 260 g/mol. The zero-order valence-electron chi connectivity index (χ0n) is 10.9. The van der Waals surface area contributed by atoms with Crippen LogP contribution < -0.4 is 5.32 Å². The molecule has 18 heavy (non-hydrogen) atoms. The smallest absolute Gasteiger partial charge is 0.0590 e. The van der Waals surface area contributed by atoms with E-state index in [2.05, 4.69) is 28.5 Å². The summed E-state index contributed by atoms with van der Waals surface area (Å²) >= 11 is 6.27. The van der Waals surface area contributed by atoms with Gasteiger partial charge in [-0.1, -0.05) is 29.8 Å². The van der Waals surface area contributed by atoms with E-state index in [1.54, 1.807) is 0 Å². The predicted octanol–water partition coefficient (Wildman–Crippen LogP) is 3.66. The fourth-order valence-electron chi connectivity index (χ4n) is 2.24. The van der Waals surface area contributed by atoms with Crippen molar-refractivity contribution in [2.24, 2.45) is 0 Å². The van der Waals surface area contributed by atoms with Crippen LogP contribution in [0.5, 0.6) is 0 Å². The summed E-state index contributed by atoms with van der Waals surface area (Å²) in [5.41, 5.74) is 4.33. The lowest BCUT2D eigenvalue weighted by atomic mass is 9.98. The Morgan fingerprint density at radius 3 is 2.28 bits per heavy atom. The molecule has 0 aliphatic heterocycles. The predicted molar refractivity (Wildman–Crippen MR) is 76.1 cm³/mol. The van der Waals surface area contributed by atoms with E-state index < -0.39 is 0 Å². The highest BCUT2D eigenvalue weighted by Gasteiger charge is 2.15.